The Hall–Kier alpha value is -2.10. The number of hydrogen-bond donors (Lipinski definition) is 1. The van der Waals surface area contributed by atoms with E-state index in [0.29, 0.717) is 11.4 Å². The van der Waals surface area contributed by atoms with Crippen molar-refractivity contribution in [1.29, 1.82) is 0 Å². The van der Waals surface area contributed by atoms with Crippen LogP contribution in [0.5, 0.6) is 0 Å². The number of ketones is 1. The Kier molecular flexibility index (Phi) is 2.25. The van der Waals surface area contributed by atoms with E-state index in [0.717, 1.165) is 5.56 Å². The van der Waals surface area contributed by atoms with Crippen molar-refractivity contribution >= 4 is 11.5 Å². The van der Waals surface area contributed by atoms with Crippen molar-refractivity contribution < 1.29 is 9.32 Å². The third-order valence-electron chi connectivity index (χ3n) is 2.10. The Morgan fingerprint density at radius 1 is 1.33 bits per heavy atom. The maximum absolute atomic E-state index is 11.1. The SMILES string of the molecule is CC(=O)c1noc(-c2ccccc2)c1N. The summed E-state index contributed by atoms with van der Waals surface area (Å²) in [6.45, 7) is 1.41. The Morgan fingerprint density at radius 3 is 2.53 bits per heavy atom. The number of nitrogen functional groups attached to an aromatic ring is 1. The van der Waals surface area contributed by atoms with Gasteiger partial charge in [0.2, 0.25) is 0 Å². The lowest BCUT2D eigenvalue weighted by molar-refractivity contribution is 0.101. The smallest absolute Gasteiger partial charge is 0.190 e. The Bertz CT molecular complexity index is 489. The Labute approximate surface area is 86.7 Å². The van der Waals surface area contributed by atoms with E-state index in [1.54, 1.807) is 0 Å². The number of Topliss-reactive ketones (excluding diaryl/α,β-unsaturated/α-hetero) is 1. The molecule has 0 atom stereocenters. The molecule has 0 spiro atoms. The number of carbonyl (C=O) groups excluding carboxylic acids is 1. The zero-order valence-electron chi connectivity index (χ0n) is 8.23. The molecule has 0 aliphatic rings. The van der Waals surface area contributed by atoms with Crippen LogP contribution in [0.15, 0.2) is 34.9 Å². The number of nitrogens with zero attached hydrogens (tertiary/aromatic N) is 1. The van der Waals surface area contributed by atoms with Crippen LogP contribution in [0.3, 0.4) is 0 Å². The number of aromatic nitrogens is 1. The Morgan fingerprint density at radius 2 is 2.00 bits per heavy atom. The fraction of sp³-hybridized carbons (Fsp3) is 0.0909. The molecule has 0 saturated heterocycles. The van der Waals surface area contributed by atoms with Crippen molar-refractivity contribution in [3.8, 4) is 11.3 Å². The standard InChI is InChI=1S/C11H10N2O2/c1-7(14)10-9(12)11(15-13-10)8-5-3-2-4-6-8/h2-6H,12H2,1H3. The lowest BCUT2D eigenvalue weighted by atomic mass is 10.1. The van der Waals surface area contributed by atoms with E-state index in [-0.39, 0.29) is 11.5 Å². The summed E-state index contributed by atoms with van der Waals surface area (Å²) in [7, 11) is 0. The predicted molar refractivity (Wildman–Crippen MR) is 56.4 cm³/mol. The molecular formula is C11H10N2O2. The van der Waals surface area contributed by atoms with Gasteiger partial charge in [-0.3, -0.25) is 4.79 Å². The van der Waals surface area contributed by atoms with E-state index in [4.69, 9.17) is 10.3 Å². The quantitative estimate of drug-likeness (QED) is 0.757. The zero-order chi connectivity index (χ0) is 10.8. The molecule has 1 aromatic carbocycles. The average Bonchev–Trinajstić information content (AvgIpc) is 2.61. The average molecular weight is 202 g/mol. The van der Waals surface area contributed by atoms with Crippen molar-refractivity contribution in [3.63, 3.8) is 0 Å². The van der Waals surface area contributed by atoms with Gasteiger partial charge in [-0.25, -0.2) is 0 Å². The fourth-order valence-corrected chi connectivity index (χ4v) is 1.35. The molecule has 0 amide bonds. The maximum Gasteiger partial charge on any atom is 0.190 e. The topological polar surface area (TPSA) is 69.1 Å². The van der Waals surface area contributed by atoms with Crippen LogP contribution in [-0.2, 0) is 0 Å². The molecule has 1 aromatic heterocycles. The van der Waals surface area contributed by atoms with Gasteiger partial charge in [0.1, 0.15) is 5.69 Å². The molecule has 0 aliphatic heterocycles. The summed E-state index contributed by atoms with van der Waals surface area (Å²) < 4.78 is 5.05. The number of benzene rings is 1. The van der Waals surface area contributed by atoms with E-state index < -0.39 is 0 Å². The minimum Gasteiger partial charge on any atom is -0.394 e. The lowest BCUT2D eigenvalue weighted by Gasteiger charge is -1.95. The van der Waals surface area contributed by atoms with E-state index in [2.05, 4.69) is 5.16 Å². The number of nitrogens with two attached hydrogens (primary N) is 1. The largest absolute Gasteiger partial charge is 0.394 e. The summed E-state index contributed by atoms with van der Waals surface area (Å²) >= 11 is 0. The van der Waals surface area contributed by atoms with Crippen molar-refractivity contribution in [2.75, 3.05) is 5.73 Å². The number of rotatable bonds is 2. The zero-order valence-corrected chi connectivity index (χ0v) is 8.23. The predicted octanol–water partition coefficient (Wildman–Crippen LogP) is 2.13. The molecule has 76 valence electrons. The number of hydrogen-bond acceptors (Lipinski definition) is 4. The minimum absolute atomic E-state index is 0.189. The van der Waals surface area contributed by atoms with Crippen LogP contribution in [0.2, 0.25) is 0 Å². The summed E-state index contributed by atoms with van der Waals surface area (Å²) in [4.78, 5) is 11.1. The van der Waals surface area contributed by atoms with Gasteiger partial charge in [0.25, 0.3) is 0 Å². The van der Waals surface area contributed by atoms with Gasteiger partial charge in [-0.15, -0.1) is 0 Å². The van der Waals surface area contributed by atoms with Gasteiger partial charge in [-0.2, -0.15) is 0 Å². The van der Waals surface area contributed by atoms with Crippen LogP contribution in [0.25, 0.3) is 11.3 Å². The molecular weight excluding hydrogens is 192 g/mol. The minimum atomic E-state index is -0.196. The highest BCUT2D eigenvalue weighted by Crippen LogP contribution is 2.28. The summed E-state index contributed by atoms with van der Waals surface area (Å²) in [6, 6.07) is 9.32. The van der Waals surface area contributed by atoms with Crippen LogP contribution in [0, 0.1) is 0 Å². The van der Waals surface area contributed by atoms with E-state index >= 15 is 0 Å². The molecule has 0 bridgehead atoms. The molecule has 1 heterocycles. The summed E-state index contributed by atoms with van der Waals surface area (Å²) in [5.74, 6) is 0.249. The highest BCUT2D eigenvalue weighted by Gasteiger charge is 2.17. The fourth-order valence-electron chi connectivity index (χ4n) is 1.35. The molecule has 15 heavy (non-hydrogen) atoms. The van der Waals surface area contributed by atoms with Crippen molar-refractivity contribution in [2.45, 2.75) is 6.92 Å². The second kappa shape index (κ2) is 3.57. The maximum atomic E-state index is 11.1. The second-order valence-electron chi connectivity index (χ2n) is 3.20. The summed E-state index contributed by atoms with van der Waals surface area (Å²) in [5.41, 5.74) is 7.06. The molecule has 0 saturated carbocycles. The van der Waals surface area contributed by atoms with Crippen LogP contribution in [-0.4, -0.2) is 10.9 Å². The van der Waals surface area contributed by atoms with Gasteiger partial charge in [0, 0.05) is 12.5 Å². The van der Waals surface area contributed by atoms with Crippen LogP contribution < -0.4 is 5.73 Å². The van der Waals surface area contributed by atoms with Crippen LogP contribution >= 0.6 is 0 Å². The molecule has 0 radical (unpaired) electrons. The van der Waals surface area contributed by atoms with Gasteiger partial charge in [-0.05, 0) is 0 Å². The summed E-state index contributed by atoms with van der Waals surface area (Å²) in [6.07, 6.45) is 0. The second-order valence-corrected chi connectivity index (χ2v) is 3.20. The van der Waals surface area contributed by atoms with Gasteiger partial charge in [0.15, 0.2) is 17.2 Å². The van der Waals surface area contributed by atoms with E-state index in [9.17, 15) is 4.79 Å². The molecule has 2 aromatic rings. The van der Waals surface area contributed by atoms with Crippen LogP contribution in [0.4, 0.5) is 5.69 Å². The van der Waals surface area contributed by atoms with Crippen molar-refractivity contribution in [2.24, 2.45) is 0 Å². The third-order valence-corrected chi connectivity index (χ3v) is 2.10. The number of anilines is 1. The highest BCUT2D eigenvalue weighted by atomic mass is 16.5. The lowest BCUT2D eigenvalue weighted by Crippen LogP contribution is -1.98. The first-order chi connectivity index (χ1) is 7.20. The van der Waals surface area contributed by atoms with Crippen LogP contribution in [0.1, 0.15) is 17.4 Å². The van der Waals surface area contributed by atoms with Gasteiger partial charge < -0.3 is 10.3 Å². The van der Waals surface area contributed by atoms with Gasteiger partial charge in [0.05, 0.1) is 0 Å². The molecule has 0 aliphatic carbocycles. The molecule has 4 heteroatoms. The first kappa shape index (κ1) is 9.45. The van der Waals surface area contributed by atoms with E-state index in [1.807, 2.05) is 30.3 Å². The molecule has 0 unspecified atom stereocenters. The van der Waals surface area contributed by atoms with Gasteiger partial charge in [-0.1, -0.05) is 35.5 Å². The highest BCUT2D eigenvalue weighted by molar-refractivity contribution is 5.99. The molecule has 2 rings (SSSR count). The number of carbonyl (C=O) groups is 1. The molecule has 2 N–H and O–H groups in total. The molecule has 4 nitrogen and oxygen atoms in total. The molecule has 0 fully saturated rings. The first-order valence-corrected chi connectivity index (χ1v) is 4.51. The summed E-state index contributed by atoms with van der Waals surface area (Å²) in [5, 5.41) is 3.64. The monoisotopic (exact) mass is 202 g/mol. The van der Waals surface area contributed by atoms with Gasteiger partial charge >= 0.3 is 0 Å². The van der Waals surface area contributed by atoms with E-state index in [1.165, 1.54) is 6.92 Å². The third kappa shape index (κ3) is 1.61. The first-order valence-electron chi connectivity index (χ1n) is 4.51. The van der Waals surface area contributed by atoms with Crippen molar-refractivity contribution in [3.05, 3.63) is 36.0 Å². The Balaban J connectivity index is 2.52. The normalized spacial score (nSPS) is 10.2. The van der Waals surface area contributed by atoms with Crippen molar-refractivity contribution in [1.82, 2.24) is 5.16 Å².